The molecule has 0 aromatic rings. The molecule has 2 N–H and O–H groups in total. The highest BCUT2D eigenvalue weighted by Crippen LogP contribution is 2.21. The summed E-state index contributed by atoms with van der Waals surface area (Å²) < 4.78 is 0. The van der Waals surface area contributed by atoms with Crippen LogP contribution in [-0.2, 0) is 0 Å². The van der Waals surface area contributed by atoms with Gasteiger partial charge in [-0.1, -0.05) is 29.3 Å². The van der Waals surface area contributed by atoms with E-state index in [0.29, 0.717) is 0 Å². The van der Waals surface area contributed by atoms with Crippen LogP contribution in [0.15, 0.2) is 23.8 Å². The Balaban J connectivity index is 0.000000810. The zero-order valence-corrected chi connectivity index (χ0v) is 7.38. The smallest absolute Gasteiger partial charge is 0.113 e. The Bertz CT molecular complexity index is 170. The van der Waals surface area contributed by atoms with Gasteiger partial charge in [0, 0.05) is 6.42 Å². The summed E-state index contributed by atoms with van der Waals surface area (Å²) in [6, 6.07) is 0. The average molecular weight is 180 g/mol. The third kappa shape index (κ3) is 2.74. The van der Waals surface area contributed by atoms with E-state index in [1.165, 1.54) is 5.57 Å². The Labute approximate surface area is 72.3 Å². The Morgan fingerprint density at radius 2 is 2.30 bits per heavy atom. The summed E-state index contributed by atoms with van der Waals surface area (Å²) in [5.74, 6) is 0. The largest absolute Gasteiger partial charge is 0.309 e. The fourth-order valence-corrected chi connectivity index (χ4v) is 0.864. The van der Waals surface area contributed by atoms with Crippen LogP contribution in [0.4, 0.5) is 0 Å². The maximum absolute atomic E-state index is 5.78. The van der Waals surface area contributed by atoms with Crippen LogP contribution in [0.3, 0.4) is 0 Å². The van der Waals surface area contributed by atoms with Gasteiger partial charge in [-0.3, -0.25) is 0 Å². The summed E-state index contributed by atoms with van der Waals surface area (Å²) in [5, 5.41) is 0. The summed E-state index contributed by atoms with van der Waals surface area (Å²) in [4.78, 5) is -0.625. The van der Waals surface area contributed by atoms with Crippen molar-refractivity contribution in [1.82, 2.24) is 0 Å². The fourth-order valence-electron chi connectivity index (χ4n) is 0.723. The van der Waals surface area contributed by atoms with Crippen molar-refractivity contribution < 1.29 is 0 Å². The summed E-state index contributed by atoms with van der Waals surface area (Å²) in [5.41, 5.74) is 6.81. The Hall–Kier alpha value is 0.0200. The van der Waals surface area contributed by atoms with Crippen molar-refractivity contribution in [2.45, 2.75) is 18.3 Å². The molecule has 0 fully saturated rings. The van der Waals surface area contributed by atoms with Crippen LogP contribution >= 0.6 is 24.0 Å². The first-order valence-corrected chi connectivity index (χ1v) is 3.32. The second kappa shape index (κ2) is 3.42. The maximum atomic E-state index is 5.78. The zero-order valence-electron chi connectivity index (χ0n) is 5.80. The van der Waals surface area contributed by atoms with Crippen molar-refractivity contribution in [2.24, 2.45) is 5.73 Å². The summed E-state index contributed by atoms with van der Waals surface area (Å²) in [7, 11) is 0. The van der Waals surface area contributed by atoms with Crippen LogP contribution in [0.1, 0.15) is 13.3 Å². The first-order chi connectivity index (χ1) is 4.10. The molecule has 0 bridgehead atoms. The lowest BCUT2D eigenvalue weighted by Crippen LogP contribution is -2.30. The lowest BCUT2D eigenvalue weighted by molar-refractivity contribution is 0.737. The van der Waals surface area contributed by atoms with E-state index in [9.17, 15) is 0 Å². The van der Waals surface area contributed by atoms with Gasteiger partial charge in [0.15, 0.2) is 0 Å². The third-order valence-electron chi connectivity index (χ3n) is 1.36. The van der Waals surface area contributed by atoms with Gasteiger partial charge in [0.05, 0.1) is 0 Å². The third-order valence-corrected chi connectivity index (χ3v) is 1.64. The number of hydrogen-bond donors (Lipinski definition) is 1. The number of alkyl halides is 1. The summed E-state index contributed by atoms with van der Waals surface area (Å²) in [6.45, 7) is 2.03. The van der Waals surface area contributed by atoms with Gasteiger partial charge < -0.3 is 5.73 Å². The van der Waals surface area contributed by atoms with E-state index in [1.54, 1.807) is 0 Å². The molecule has 1 aliphatic rings. The molecule has 10 heavy (non-hydrogen) atoms. The van der Waals surface area contributed by atoms with E-state index in [0.717, 1.165) is 6.42 Å². The van der Waals surface area contributed by atoms with E-state index < -0.39 is 5.00 Å². The van der Waals surface area contributed by atoms with Gasteiger partial charge in [-0.15, -0.1) is 12.4 Å². The molecule has 0 radical (unpaired) electrons. The highest BCUT2D eigenvalue weighted by Gasteiger charge is 2.17. The molecule has 1 atom stereocenters. The monoisotopic (exact) mass is 179 g/mol. The van der Waals surface area contributed by atoms with Gasteiger partial charge in [0.25, 0.3) is 0 Å². The van der Waals surface area contributed by atoms with E-state index in [4.69, 9.17) is 17.3 Å². The van der Waals surface area contributed by atoms with Gasteiger partial charge in [-0.05, 0) is 13.0 Å². The first-order valence-electron chi connectivity index (χ1n) is 2.94. The lowest BCUT2D eigenvalue weighted by atomic mass is 10.0. The highest BCUT2D eigenvalue weighted by atomic mass is 35.5. The van der Waals surface area contributed by atoms with E-state index >= 15 is 0 Å². The Morgan fingerprint density at radius 3 is 2.60 bits per heavy atom. The average Bonchev–Trinajstić information content (AvgIpc) is 1.78. The predicted octanol–water partition coefficient (Wildman–Crippen LogP) is 2.21. The molecule has 1 aliphatic carbocycles. The minimum Gasteiger partial charge on any atom is -0.309 e. The van der Waals surface area contributed by atoms with Crippen LogP contribution in [0.5, 0.6) is 0 Å². The van der Waals surface area contributed by atoms with Crippen LogP contribution < -0.4 is 5.73 Å². The van der Waals surface area contributed by atoms with Crippen molar-refractivity contribution in [2.75, 3.05) is 0 Å². The minimum absolute atomic E-state index is 0. The van der Waals surface area contributed by atoms with Gasteiger partial charge in [-0.2, -0.15) is 0 Å². The second-order valence-electron chi connectivity index (χ2n) is 2.41. The summed E-state index contributed by atoms with van der Waals surface area (Å²) in [6.07, 6.45) is 6.53. The number of allylic oxidation sites excluding steroid dienone is 2. The Morgan fingerprint density at radius 1 is 1.70 bits per heavy atom. The quantitative estimate of drug-likeness (QED) is 0.448. The molecule has 0 heterocycles. The SMILES string of the molecule is CC1=CCC(N)(Cl)C=C1.Cl. The van der Waals surface area contributed by atoms with Crippen molar-refractivity contribution in [3.05, 3.63) is 23.8 Å². The molecule has 0 saturated carbocycles. The van der Waals surface area contributed by atoms with Gasteiger partial charge in [-0.25, -0.2) is 0 Å². The van der Waals surface area contributed by atoms with Crippen LogP contribution in [0, 0.1) is 0 Å². The lowest BCUT2D eigenvalue weighted by Gasteiger charge is -2.18. The zero-order chi connectivity index (χ0) is 6.91. The number of nitrogens with two attached hydrogens (primary N) is 1. The van der Waals surface area contributed by atoms with E-state index in [2.05, 4.69) is 0 Å². The molecule has 1 rings (SSSR count). The van der Waals surface area contributed by atoms with Gasteiger partial charge in [0.1, 0.15) is 5.00 Å². The highest BCUT2D eigenvalue weighted by molar-refractivity contribution is 6.25. The number of hydrogen-bond acceptors (Lipinski definition) is 1. The molecular formula is C7H11Cl2N. The molecule has 1 nitrogen and oxygen atoms in total. The molecular weight excluding hydrogens is 169 g/mol. The van der Waals surface area contributed by atoms with E-state index in [1.807, 2.05) is 25.2 Å². The van der Waals surface area contributed by atoms with Crippen molar-refractivity contribution >= 4 is 24.0 Å². The molecule has 0 aliphatic heterocycles. The standard InChI is InChI=1S/C7H10ClN.ClH/c1-6-2-4-7(8,9)5-3-6;/h2-4H,5,9H2,1H3;1H. The predicted molar refractivity (Wildman–Crippen MR) is 47.5 cm³/mol. The number of rotatable bonds is 0. The van der Waals surface area contributed by atoms with Crippen molar-refractivity contribution in [3.63, 3.8) is 0 Å². The normalized spacial score (nSPS) is 30.9. The van der Waals surface area contributed by atoms with Gasteiger partial charge in [0.2, 0.25) is 0 Å². The van der Waals surface area contributed by atoms with Crippen LogP contribution in [0.25, 0.3) is 0 Å². The molecule has 0 aromatic carbocycles. The maximum Gasteiger partial charge on any atom is 0.113 e. The molecule has 0 saturated heterocycles. The topological polar surface area (TPSA) is 26.0 Å². The van der Waals surface area contributed by atoms with Crippen molar-refractivity contribution in [1.29, 1.82) is 0 Å². The Kier molecular flexibility index (Phi) is 3.43. The molecule has 0 spiro atoms. The van der Waals surface area contributed by atoms with Crippen molar-refractivity contribution in [3.8, 4) is 0 Å². The second-order valence-corrected chi connectivity index (χ2v) is 3.12. The summed E-state index contributed by atoms with van der Waals surface area (Å²) >= 11 is 5.78. The van der Waals surface area contributed by atoms with Crippen LogP contribution in [-0.4, -0.2) is 5.00 Å². The minimum atomic E-state index is -0.625. The molecule has 1 unspecified atom stereocenters. The fraction of sp³-hybridized carbons (Fsp3) is 0.429. The molecule has 3 heteroatoms. The van der Waals surface area contributed by atoms with Crippen LogP contribution in [0.2, 0.25) is 0 Å². The molecule has 0 aromatic heterocycles. The number of halogens is 2. The van der Waals surface area contributed by atoms with E-state index in [-0.39, 0.29) is 12.4 Å². The molecule has 0 amide bonds. The first kappa shape index (κ1) is 10.0. The molecule has 58 valence electrons. The van der Waals surface area contributed by atoms with Gasteiger partial charge >= 0.3 is 0 Å².